The monoisotopic (exact) mass is 846 g/mol. The van der Waals surface area contributed by atoms with Crippen molar-refractivity contribution in [2.45, 2.75) is 69.6 Å². The minimum atomic E-state index is -5.08. The van der Waals surface area contributed by atoms with Gasteiger partial charge in [-0.2, -0.15) is 44.5 Å². The Morgan fingerprint density at radius 2 is 1.24 bits per heavy atom. The molecule has 3 heterocycles. The van der Waals surface area contributed by atoms with Crippen LogP contribution in [0.15, 0.2) is 29.2 Å². The molecule has 0 atom stereocenters. The van der Waals surface area contributed by atoms with Crippen molar-refractivity contribution in [2.24, 2.45) is 11.8 Å². The predicted molar refractivity (Wildman–Crippen MR) is 185 cm³/mol. The summed E-state index contributed by atoms with van der Waals surface area (Å²) in [6.07, 6.45) is -8.46. The van der Waals surface area contributed by atoms with E-state index in [1.54, 1.807) is 0 Å². The number of piperazine rings is 1. The molecule has 15 nitrogen and oxygen atoms in total. The van der Waals surface area contributed by atoms with Crippen LogP contribution in [-0.4, -0.2) is 127 Å². The maximum Gasteiger partial charge on any atom is 0.490 e. The Morgan fingerprint density at radius 3 is 1.69 bits per heavy atom. The molecule has 1 saturated heterocycles. The molecule has 1 aliphatic heterocycles. The van der Waals surface area contributed by atoms with E-state index in [9.17, 15) is 54.2 Å². The Hall–Kier alpha value is -5.26. The van der Waals surface area contributed by atoms with Gasteiger partial charge in [0.2, 0.25) is 5.95 Å². The summed E-state index contributed by atoms with van der Waals surface area (Å²) < 4.78 is 97.1. The van der Waals surface area contributed by atoms with E-state index in [0.29, 0.717) is 48.6 Å². The topological polar surface area (TPSA) is 215 Å². The van der Waals surface area contributed by atoms with Gasteiger partial charge >= 0.3 is 42.4 Å². The molecule has 2 saturated carbocycles. The van der Waals surface area contributed by atoms with Gasteiger partial charge in [-0.15, -0.1) is 0 Å². The number of nitrogens with one attached hydrogen (secondary N) is 1. The zero-order chi connectivity index (χ0) is 43.7. The quantitative estimate of drug-likeness (QED) is 0.152. The molecule has 3 aliphatic rings. The number of aliphatic carboxylic acids is 4. The average Bonchev–Trinajstić information content (AvgIpc) is 3.96. The number of hydrogen-bond donors (Lipinski definition) is 5. The highest BCUT2D eigenvalue weighted by molar-refractivity contribution is 6.04. The van der Waals surface area contributed by atoms with Crippen LogP contribution in [0.3, 0.4) is 0 Å². The molecule has 0 spiro atoms. The van der Waals surface area contributed by atoms with Crippen LogP contribution >= 0.6 is 0 Å². The smallest absolute Gasteiger partial charge is 0.481 e. The van der Waals surface area contributed by atoms with Crippen LogP contribution < -0.4 is 10.9 Å². The van der Waals surface area contributed by atoms with Gasteiger partial charge in [0.15, 0.2) is 0 Å². The number of hydrogen-bond acceptors (Lipinski definition) is 10. The number of aromatic nitrogens is 3. The molecule has 6 rings (SSSR count). The second kappa shape index (κ2) is 19.5. The zero-order valence-electron chi connectivity index (χ0n) is 30.5. The number of anilines is 1. The summed E-state index contributed by atoms with van der Waals surface area (Å²) in [6.45, 7) is 5.83. The average molecular weight is 847 g/mol. The standard InChI is InChI=1S/C28H36N6O3.3C2HF3O2/c1-32-10-12-33(13-11-32)17-19-4-9-22-23(14-19)26(35)34(21-7-5-20(6-8-21)27(36)37)25-24(22)16-30-28(31-25)29-15-18-2-3-18;3*3-2(4,5)1(6)7/h4,9,14,16,18,20-21H,2-3,5-8,10-13,15,17H2,1H3,(H,36,37)(H,29,30,31);3*(H,6,7). The molecule has 0 unspecified atom stereocenters. The van der Waals surface area contributed by atoms with Crippen molar-refractivity contribution < 1.29 is 79.1 Å². The number of carbonyl (C=O) groups is 4. The fraction of sp³-hybridized carbons (Fsp3) is 0.559. The Kier molecular flexibility index (Phi) is 15.8. The first-order valence-corrected chi connectivity index (χ1v) is 17.4. The first-order valence-electron chi connectivity index (χ1n) is 17.4. The van der Waals surface area contributed by atoms with Crippen LogP contribution in [0, 0.1) is 11.8 Å². The summed E-state index contributed by atoms with van der Waals surface area (Å²) in [6, 6.07) is 6.16. The summed E-state index contributed by atoms with van der Waals surface area (Å²) in [5, 5.41) is 36.7. The van der Waals surface area contributed by atoms with E-state index in [1.807, 2.05) is 16.8 Å². The van der Waals surface area contributed by atoms with Gasteiger partial charge in [0.1, 0.15) is 5.65 Å². The fourth-order valence-electron chi connectivity index (χ4n) is 5.90. The Bertz CT molecular complexity index is 1930. The number of carboxylic acids is 4. The SMILES string of the molecule is CN1CCN(Cc2ccc3c(c2)c(=O)n(C2CCC(C(=O)O)CC2)c2nc(NCC4CC4)ncc32)CC1.O=C(O)C(F)(F)F.O=C(O)C(F)(F)F.O=C(O)C(F)(F)F. The van der Waals surface area contributed by atoms with Crippen molar-refractivity contribution in [3.05, 3.63) is 40.3 Å². The van der Waals surface area contributed by atoms with Crippen LogP contribution in [0.1, 0.15) is 50.1 Å². The summed E-state index contributed by atoms with van der Waals surface area (Å²) in [5.74, 6) is -8.11. The molecule has 5 N–H and O–H groups in total. The molecule has 0 radical (unpaired) electrons. The number of rotatable bonds is 7. The Balaban J connectivity index is 0.000000353. The van der Waals surface area contributed by atoms with Crippen molar-refractivity contribution in [3.8, 4) is 0 Å². The molecule has 1 aromatic carbocycles. The largest absolute Gasteiger partial charge is 0.490 e. The lowest BCUT2D eigenvalue weighted by Crippen LogP contribution is -2.43. The number of alkyl halides is 9. The minimum absolute atomic E-state index is 0.0339. The lowest BCUT2D eigenvalue weighted by Gasteiger charge is -2.32. The number of fused-ring (bicyclic) bond motifs is 3. The Morgan fingerprint density at radius 1 is 0.741 bits per heavy atom. The molecular formula is C34H39F9N6O9. The van der Waals surface area contributed by atoms with Gasteiger partial charge in [-0.1, -0.05) is 12.1 Å². The molecule has 2 aliphatic carbocycles. The highest BCUT2D eigenvalue weighted by Crippen LogP contribution is 2.35. The summed E-state index contributed by atoms with van der Waals surface area (Å²) in [7, 11) is 2.15. The molecule has 2 aromatic heterocycles. The van der Waals surface area contributed by atoms with Crippen molar-refractivity contribution in [1.82, 2.24) is 24.3 Å². The molecule has 0 amide bonds. The van der Waals surface area contributed by atoms with E-state index < -0.39 is 42.4 Å². The molecule has 0 bridgehead atoms. The molecule has 3 fully saturated rings. The first-order chi connectivity index (χ1) is 26.8. The van der Waals surface area contributed by atoms with Gasteiger partial charge in [0, 0.05) is 62.3 Å². The normalized spacial score (nSPS) is 19.1. The Labute approximate surface area is 322 Å². The lowest BCUT2D eigenvalue weighted by molar-refractivity contribution is -0.193. The van der Waals surface area contributed by atoms with Crippen molar-refractivity contribution in [2.75, 3.05) is 45.1 Å². The van der Waals surface area contributed by atoms with E-state index in [0.717, 1.165) is 55.6 Å². The van der Waals surface area contributed by atoms with E-state index in [1.165, 1.54) is 12.8 Å². The number of pyridine rings is 1. The number of carboxylic acid groups (broad SMARTS) is 4. The van der Waals surface area contributed by atoms with Crippen LogP contribution in [0.25, 0.3) is 21.8 Å². The lowest BCUT2D eigenvalue weighted by atomic mass is 9.85. The summed E-state index contributed by atoms with van der Waals surface area (Å²) in [5.41, 5.74) is 1.75. The van der Waals surface area contributed by atoms with Crippen LogP contribution in [0.4, 0.5) is 45.5 Å². The highest BCUT2D eigenvalue weighted by Gasteiger charge is 2.39. The van der Waals surface area contributed by atoms with Crippen LogP contribution in [0.2, 0.25) is 0 Å². The molecule has 58 heavy (non-hydrogen) atoms. The van der Waals surface area contributed by atoms with Gasteiger partial charge in [-0.05, 0) is 68.5 Å². The van der Waals surface area contributed by atoms with Crippen molar-refractivity contribution in [3.63, 3.8) is 0 Å². The van der Waals surface area contributed by atoms with E-state index in [2.05, 4.69) is 39.3 Å². The third-order valence-electron chi connectivity index (χ3n) is 9.21. The van der Waals surface area contributed by atoms with Gasteiger partial charge in [-0.3, -0.25) is 19.1 Å². The number of likely N-dealkylation sites (N-methyl/N-ethyl adjacent to an activating group) is 1. The van der Waals surface area contributed by atoms with Gasteiger partial charge in [0.25, 0.3) is 5.56 Å². The van der Waals surface area contributed by atoms with Gasteiger partial charge in [0.05, 0.1) is 5.92 Å². The maximum atomic E-state index is 14.1. The molecular weight excluding hydrogens is 807 g/mol. The van der Waals surface area contributed by atoms with Crippen molar-refractivity contribution in [1.29, 1.82) is 0 Å². The molecule has 3 aromatic rings. The third kappa shape index (κ3) is 14.0. The highest BCUT2D eigenvalue weighted by atomic mass is 19.4. The summed E-state index contributed by atoms with van der Waals surface area (Å²) >= 11 is 0. The summed E-state index contributed by atoms with van der Waals surface area (Å²) in [4.78, 5) is 66.5. The third-order valence-corrected chi connectivity index (χ3v) is 9.21. The first kappa shape index (κ1) is 47.1. The molecule has 24 heteroatoms. The van der Waals surface area contributed by atoms with Gasteiger partial charge in [-0.25, -0.2) is 19.4 Å². The zero-order valence-corrected chi connectivity index (χ0v) is 30.5. The number of halogens is 9. The van der Waals surface area contributed by atoms with Crippen LogP contribution in [-0.2, 0) is 25.7 Å². The minimum Gasteiger partial charge on any atom is -0.481 e. The van der Waals surface area contributed by atoms with E-state index in [4.69, 9.17) is 34.7 Å². The second-order valence-electron chi connectivity index (χ2n) is 13.6. The number of nitrogens with zero attached hydrogens (tertiary/aromatic N) is 5. The predicted octanol–water partition coefficient (Wildman–Crippen LogP) is 5.23. The van der Waals surface area contributed by atoms with E-state index >= 15 is 0 Å². The fourth-order valence-corrected chi connectivity index (χ4v) is 5.90. The second-order valence-corrected chi connectivity index (χ2v) is 13.6. The molecule has 322 valence electrons. The van der Waals surface area contributed by atoms with Crippen molar-refractivity contribution >= 4 is 51.6 Å². The number of benzene rings is 1. The van der Waals surface area contributed by atoms with Gasteiger partial charge < -0.3 is 30.6 Å². The van der Waals surface area contributed by atoms with E-state index in [-0.39, 0.29) is 17.5 Å². The maximum absolute atomic E-state index is 14.1. The van der Waals surface area contributed by atoms with Crippen LogP contribution in [0.5, 0.6) is 0 Å².